The van der Waals surface area contributed by atoms with E-state index in [1.807, 2.05) is 13.0 Å². The van der Waals surface area contributed by atoms with E-state index in [1.54, 1.807) is 26.2 Å². The summed E-state index contributed by atoms with van der Waals surface area (Å²) in [5.74, 6) is -0.328. The number of aliphatic hydroxyl groups excluding tert-OH is 1. The Bertz CT molecular complexity index is 980. The van der Waals surface area contributed by atoms with Crippen molar-refractivity contribution in [3.8, 4) is 0 Å². The summed E-state index contributed by atoms with van der Waals surface area (Å²) in [6.07, 6.45) is 0.932. The minimum absolute atomic E-state index is 0.0841. The Morgan fingerprint density at radius 1 is 1.25 bits per heavy atom. The lowest BCUT2D eigenvalue weighted by Crippen LogP contribution is -2.33. The monoisotopic (exact) mass is 329 g/mol. The number of hydrogen-bond acceptors (Lipinski definition) is 5. The summed E-state index contributed by atoms with van der Waals surface area (Å²) >= 11 is 0. The third-order valence-corrected chi connectivity index (χ3v) is 4.11. The summed E-state index contributed by atoms with van der Waals surface area (Å²) in [5, 5.41) is 13.5. The number of carbonyl (C=O) groups is 1. The van der Waals surface area contributed by atoms with E-state index in [2.05, 4.69) is 5.32 Å². The highest BCUT2D eigenvalue weighted by molar-refractivity contribution is 5.96. The van der Waals surface area contributed by atoms with Gasteiger partial charge in [0.25, 0.3) is 0 Å². The van der Waals surface area contributed by atoms with E-state index in [0.717, 1.165) is 21.9 Å². The molecule has 0 aliphatic heterocycles. The highest BCUT2D eigenvalue weighted by atomic mass is 16.4. The van der Waals surface area contributed by atoms with Gasteiger partial charge in [0.05, 0.1) is 24.4 Å². The van der Waals surface area contributed by atoms with Crippen LogP contribution in [-0.2, 0) is 11.2 Å². The molecule has 0 saturated heterocycles. The van der Waals surface area contributed by atoms with Gasteiger partial charge < -0.3 is 19.3 Å². The molecule has 2 heterocycles. The average Bonchev–Trinajstić information content (AvgIpc) is 2.88. The van der Waals surface area contributed by atoms with Crippen LogP contribution in [-0.4, -0.2) is 23.7 Å². The molecule has 0 bridgehead atoms. The Morgan fingerprint density at radius 2 is 2.00 bits per heavy atom. The zero-order valence-electron chi connectivity index (χ0n) is 13.8. The van der Waals surface area contributed by atoms with Crippen LogP contribution in [0.2, 0.25) is 0 Å². The fourth-order valence-corrected chi connectivity index (χ4v) is 2.73. The Labute approximate surface area is 138 Å². The third kappa shape index (κ3) is 2.92. The maximum Gasteiger partial charge on any atom is 0.340 e. The van der Waals surface area contributed by atoms with Gasteiger partial charge in [0.15, 0.2) is 0 Å². The van der Waals surface area contributed by atoms with Crippen molar-refractivity contribution in [2.24, 2.45) is 0 Å². The van der Waals surface area contributed by atoms with Crippen LogP contribution >= 0.6 is 0 Å². The Balaban J connectivity index is 2.05. The van der Waals surface area contributed by atoms with Gasteiger partial charge in [0.1, 0.15) is 11.2 Å². The molecule has 0 aliphatic carbocycles. The van der Waals surface area contributed by atoms with Gasteiger partial charge >= 0.3 is 5.63 Å². The van der Waals surface area contributed by atoms with Gasteiger partial charge in [-0.3, -0.25) is 4.79 Å². The van der Waals surface area contributed by atoms with E-state index in [-0.39, 0.29) is 18.9 Å². The van der Waals surface area contributed by atoms with Crippen LogP contribution in [0.25, 0.3) is 21.9 Å². The molecule has 24 heavy (non-hydrogen) atoms. The van der Waals surface area contributed by atoms with Gasteiger partial charge in [-0.2, -0.15) is 0 Å². The zero-order valence-corrected chi connectivity index (χ0v) is 13.8. The van der Waals surface area contributed by atoms with E-state index in [9.17, 15) is 14.7 Å². The number of benzene rings is 1. The molecule has 1 aromatic carbocycles. The number of nitrogens with one attached hydrogen (secondary N) is 1. The Kier molecular flexibility index (Phi) is 4.15. The number of aliphatic hydroxyl groups is 1. The normalized spacial score (nSPS) is 12.7. The van der Waals surface area contributed by atoms with Crippen LogP contribution in [0.3, 0.4) is 0 Å². The molecule has 1 atom stereocenters. The number of aryl methyl sites for hydroxylation is 2. The summed E-state index contributed by atoms with van der Waals surface area (Å²) in [7, 11) is 0. The van der Waals surface area contributed by atoms with Gasteiger partial charge in [0, 0.05) is 23.4 Å². The number of rotatable bonds is 4. The van der Waals surface area contributed by atoms with Crippen molar-refractivity contribution < 1.29 is 18.7 Å². The lowest BCUT2D eigenvalue weighted by atomic mass is 10.0. The molecular weight excluding hydrogens is 310 g/mol. The standard InChI is InChI=1S/C18H19NO5/c1-9-8-23-15-6-16-13(4-12(9)15)11(3)14(18(22)24-16)5-17(21)19-7-10(2)20/h4,6,8,10,20H,5,7H2,1-3H3,(H,19,21). The van der Waals surface area contributed by atoms with Crippen molar-refractivity contribution in [1.29, 1.82) is 0 Å². The molecule has 6 nitrogen and oxygen atoms in total. The summed E-state index contributed by atoms with van der Waals surface area (Å²) in [4.78, 5) is 24.2. The summed E-state index contributed by atoms with van der Waals surface area (Å²) in [5.41, 5.74) is 2.60. The number of amides is 1. The average molecular weight is 329 g/mol. The van der Waals surface area contributed by atoms with E-state index in [0.29, 0.717) is 16.7 Å². The van der Waals surface area contributed by atoms with Crippen molar-refractivity contribution in [3.05, 3.63) is 45.5 Å². The molecule has 0 radical (unpaired) electrons. The molecule has 3 aromatic rings. The number of hydrogen-bond donors (Lipinski definition) is 2. The van der Waals surface area contributed by atoms with Gasteiger partial charge in [-0.05, 0) is 38.0 Å². The fraction of sp³-hybridized carbons (Fsp3) is 0.333. The van der Waals surface area contributed by atoms with E-state index in [4.69, 9.17) is 8.83 Å². The minimum atomic E-state index is -0.639. The molecule has 0 spiro atoms. The van der Waals surface area contributed by atoms with Gasteiger partial charge in [0.2, 0.25) is 5.91 Å². The summed E-state index contributed by atoms with van der Waals surface area (Å²) in [6.45, 7) is 5.47. The first-order chi connectivity index (χ1) is 11.4. The predicted octanol–water partition coefficient (Wildman–Crippen LogP) is 2.20. The van der Waals surface area contributed by atoms with Crippen LogP contribution in [0, 0.1) is 13.8 Å². The number of furan rings is 1. The van der Waals surface area contributed by atoms with Crippen LogP contribution in [0.15, 0.2) is 32.0 Å². The fourth-order valence-electron chi connectivity index (χ4n) is 2.73. The second kappa shape index (κ2) is 6.13. The zero-order chi connectivity index (χ0) is 17.4. The summed E-state index contributed by atoms with van der Waals surface area (Å²) in [6, 6.07) is 3.61. The second-order valence-electron chi connectivity index (χ2n) is 6.09. The van der Waals surface area contributed by atoms with Crippen LogP contribution in [0.1, 0.15) is 23.6 Å². The lowest BCUT2D eigenvalue weighted by Gasteiger charge is -2.09. The molecule has 0 saturated carbocycles. The first-order valence-electron chi connectivity index (χ1n) is 7.75. The highest BCUT2D eigenvalue weighted by Gasteiger charge is 2.16. The molecule has 6 heteroatoms. The maximum absolute atomic E-state index is 12.2. The first kappa shape index (κ1) is 16.3. The van der Waals surface area contributed by atoms with E-state index >= 15 is 0 Å². The van der Waals surface area contributed by atoms with Crippen LogP contribution in [0.5, 0.6) is 0 Å². The van der Waals surface area contributed by atoms with Crippen molar-refractivity contribution >= 4 is 27.8 Å². The van der Waals surface area contributed by atoms with E-state index < -0.39 is 11.7 Å². The molecule has 3 rings (SSSR count). The molecule has 126 valence electrons. The quantitative estimate of drug-likeness (QED) is 0.716. The highest BCUT2D eigenvalue weighted by Crippen LogP contribution is 2.28. The Morgan fingerprint density at radius 3 is 2.71 bits per heavy atom. The third-order valence-electron chi connectivity index (χ3n) is 4.11. The first-order valence-corrected chi connectivity index (χ1v) is 7.75. The maximum atomic E-state index is 12.2. The topological polar surface area (TPSA) is 92.7 Å². The van der Waals surface area contributed by atoms with Crippen molar-refractivity contribution in [2.45, 2.75) is 33.3 Å². The van der Waals surface area contributed by atoms with E-state index in [1.165, 1.54) is 0 Å². The predicted molar refractivity (Wildman–Crippen MR) is 90.1 cm³/mol. The minimum Gasteiger partial charge on any atom is -0.464 e. The second-order valence-corrected chi connectivity index (χ2v) is 6.09. The molecule has 1 unspecified atom stereocenters. The molecular formula is C18H19NO5. The van der Waals surface area contributed by atoms with Gasteiger partial charge in [-0.25, -0.2) is 4.79 Å². The van der Waals surface area contributed by atoms with Crippen molar-refractivity contribution in [3.63, 3.8) is 0 Å². The molecule has 2 aromatic heterocycles. The SMILES string of the molecule is Cc1coc2cc3oc(=O)c(CC(=O)NCC(C)O)c(C)c3cc12. The Hall–Kier alpha value is -2.60. The largest absolute Gasteiger partial charge is 0.464 e. The summed E-state index contributed by atoms with van der Waals surface area (Å²) < 4.78 is 10.8. The van der Waals surface area contributed by atoms with Crippen LogP contribution < -0.4 is 10.9 Å². The van der Waals surface area contributed by atoms with Gasteiger partial charge in [-0.15, -0.1) is 0 Å². The van der Waals surface area contributed by atoms with Crippen molar-refractivity contribution in [1.82, 2.24) is 5.32 Å². The number of carbonyl (C=O) groups excluding carboxylic acids is 1. The molecule has 0 aliphatic rings. The lowest BCUT2D eigenvalue weighted by molar-refractivity contribution is -0.120. The number of fused-ring (bicyclic) bond motifs is 2. The molecule has 1 amide bonds. The smallest absolute Gasteiger partial charge is 0.340 e. The van der Waals surface area contributed by atoms with Crippen LogP contribution in [0.4, 0.5) is 0 Å². The van der Waals surface area contributed by atoms with Gasteiger partial charge in [-0.1, -0.05) is 0 Å². The molecule has 2 N–H and O–H groups in total. The van der Waals surface area contributed by atoms with Crippen molar-refractivity contribution in [2.75, 3.05) is 6.54 Å². The molecule has 0 fully saturated rings.